The molecule has 1 heterocycles. The molecule has 0 amide bonds. The third-order valence-corrected chi connectivity index (χ3v) is 6.63. The Labute approximate surface area is 172 Å². The van der Waals surface area contributed by atoms with Crippen LogP contribution in [-0.2, 0) is 5.75 Å². The lowest BCUT2D eigenvalue weighted by Gasteiger charge is -2.08. The van der Waals surface area contributed by atoms with Crippen LogP contribution in [0.4, 0.5) is 5.69 Å². The number of hydrogen-bond acceptors (Lipinski definition) is 6. The van der Waals surface area contributed by atoms with Gasteiger partial charge in [0.25, 0.3) is 0 Å². The first kappa shape index (κ1) is 18.7. The Hall–Kier alpha value is -2.70. The van der Waals surface area contributed by atoms with Crippen LogP contribution in [0.2, 0.25) is 0 Å². The van der Waals surface area contributed by atoms with Gasteiger partial charge in [0.05, 0.1) is 24.4 Å². The molecular formula is C22H20N2O2S2. The Morgan fingerprint density at radius 2 is 1.68 bits per heavy atom. The molecule has 0 aliphatic rings. The molecule has 142 valence electrons. The number of aromatic nitrogens is 1. The fraction of sp³-hybridized carbons (Fsp3) is 0.136. The Kier molecular flexibility index (Phi) is 5.41. The highest BCUT2D eigenvalue weighted by Crippen LogP contribution is 2.36. The third-order valence-electron chi connectivity index (χ3n) is 4.41. The number of nitrogen functional groups attached to an aromatic ring is 1. The molecule has 0 fully saturated rings. The van der Waals surface area contributed by atoms with E-state index in [-0.39, 0.29) is 0 Å². The van der Waals surface area contributed by atoms with E-state index in [0.717, 1.165) is 48.6 Å². The van der Waals surface area contributed by atoms with E-state index in [1.165, 1.54) is 5.56 Å². The van der Waals surface area contributed by atoms with E-state index in [1.807, 2.05) is 36.4 Å². The highest BCUT2D eigenvalue weighted by molar-refractivity contribution is 7.98. The van der Waals surface area contributed by atoms with E-state index in [9.17, 15) is 0 Å². The first-order valence-electron chi connectivity index (χ1n) is 8.76. The average Bonchev–Trinajstić information content (AvgIpc) is 3.16. The van der Waals surface area contributed by atoms with Crippen molar-refractivity contribution in [2.24, 2.45) is 0 Å². The minimum atomic E-state index is 0.771. The van der Waals surface area contributed by atoms with Crippen LogP contribution in [0, 0.1) is 0 Å². The molecule has 0 saturated carbocycles. The normalized spacial score (nSPS) is 10.9. The quantitative estimate of drug-likeness (QED) is 0.320. The summed E-state index contributed by atoms with van der Waals surface area (Å²) >= 11 is 3.37. The van der Waals surface area contributed by atoms with E-state index in [4.69, 9.17) is 20.2 Å². The topological polar surface area (TPSA) is 57.4 Å². The Bertz CT molecular complexity index is 1110. The minimum absolute atomic E-state index is 0.771. The summed E-state index contributed by atoms with van der Waals surface area (Å²) in [6.07, 6.45) is 0. The van der Waals surface area contributed by atoms with Gasteiger partial charge < -0.3 is 15.2 Å². The minimum Gasteiger partial charge on any atom is -0.497 e. The highest BCUT2D eigenvalue weighted by atomic mass is 32.2. The van der Waals surface area contributed by atoms with E-state index in [2.05, 4.69) is 24.3 Å². The molecule has 0 atom stereocenters. The molecule has 3 aromatic carbocycles. The summed E-state index contributed by atoms with van der Waals surface area (Å²) in [6, 6.07) is 20.2. The molecule has 0 radical (unpaired) electrons. The fourth-order valence-electron chi connectivity index (χ4n) is 2.85. The van der Waals surface area contributed by atoms with Gasteiger partial charge in [-0.25, -0.2) is 4.98 Å². The number of thioether (sulfide) groups is 1. The van der Waals surface area contributed by atoms with Gasteiger partial charge >= 0.3 is 0 Å². The number of benzene rings is 3. The van der Waals surface area contributed by atoms with Crippen molar-refractivity contribution in [1.29, 1.82) is 0 Å². The van der Waals surface area contributed by atoms with Gasteiger partial charge in [0.15, 0.2) is 0 Å². The van der Waals surface area contributed by atoms with Crippen LogP contribution in [0.1, 0.15) is 5.56 Å². The Morgan fingerprint density at radius 1 is 0.929 bits per heavy atom. The van der Waals surface area contributed by atoms with Gasteiger partial charge in [0, 0.05) is 21.9 Å². The van der Waals surface area contributed by atoms with Gasteiger partial charge in [-0.15, -0.1) is 23.1 Å². The van der Waals surface area contributed by atoms with Gasteiger partial charge in [-0.3, -0.25) is 0 Å². The molecule has 0 aliphatic heterocycles. The maximum Gasteiger partial charge on any atom is 0.124 e. The summed E-state index contributed by atoms with van der Waals surface area (Å²) < 4.78 is 11.6. The molecule has 6 heteroatoms. The molecule has 0 aliphatic carbocycles. The van der Waals surface area contributed by atoms with Crippen LogP contribution < -0.4 is 15.2 Å². The lowest BCUT2D eigenvalue weighted by molar-refractivity contribution is 0.414. The molecule has 4 rings (SSSR count). The van der Waals surface area contributed by atoms with Gasteiger partial charge in [0.2, 0.25) is 0 Å². The second kappa shape index (κ2) is 8.12. The fourth-order valence-corrected chi connectivity index (χ4v) is 4.75. The largest absolute Gasteiger partial charge is 0.497 e. The second-order valence-electron chi connectivity index (χ2n) is 6.24. The average molecular weight is 409 g/mol. The molecule has 0 saturated heterocycles. The zero-order valence-corrected chi connectivity index (χ0v) is 17.3. The lowest BCUT2D eigenvalue weighted by Crippen LogP contribution is -1.90. The molecule has 1 aromatic heterocycles. The molecule has 4 nitrogen and oxygen atoms in total. The van der Waals surface area contributed by atoms with Crippen LogP contribution in [0.5, 0.6) is 11.5 Å². The summed E-state index contributed by atoms with van der Waals surface area (Å²) in [6.45, 7) is 0. The summed E-state index contributed by atoms with van der Waals surface area (Å²) in [7, 11) is 3.35. The zero-order chi connectivity index (χ0) is 19.5. The molecule has 4 aromatic rings. The van der Waals surface area contributed by atoms with Crippen LogP contribution >= 0.6 is 23.1 Å². The number of rotatable bonds is 6. The zero-order valence-electron chi connectivity index (χ0n) is 15.6. The monoisotopic (exact) mass is 408 g/mol. The number of thiazole rings is 1. The molecule has 0 spiro atoms. The van der Waals surface area contributed by atoms with E-state index in [0.29, 0.717) is 0 Å². The van der Waals surface area contributed by atoms with Crippen LogP contribution in [0.25, 0.3) is 20.8 Å². The number of ether oxygens (including phenoxy) is 2. The number of fused-ring (bicyclic) bond motifs is 1. The number of nitrogens with zero attached hydrogens (tertiary/aromatic N) is 1. The third kappa shape index (κ3) is 3.93. The van der Waals surface area contributed by atoms with Crippen molar-refractivity contribution in [2.75, 3.05) is 20.0 Å². The van der Waals surface area contributed by atoms with Crippen LogP contribution in [-0.4, -0.2) is 19.2 Å². The van der Waals surface area contributed by atoms with Crippen molar-refractivity contribution in [2.45, 2.75) is 10.6 Å². The van der Waals surface area contributed by atoms with Crippen molar-refractivity contribution < 1.29 is 9.47 Å². The standard InChI is InChI=1S/C22H20N2O2S2/c1-25-16-6-3-14(4-7-16)13-27-20-10-5-15(11-18(20)23)22-24-19-9-8-17(26-2)12-21(19)28-22/h3-12H,13,23H2,1-2H3. The van der Waals surface area contributed by atoms with Crippen molar-refractivity contribution in [1.82, 2.24) is 4.98 Å². The van der Waals surface area contributed by atoms with Crippen LogP contribution in [0.15, 0.2) is 65.6 Å². The van der Waals surface area contributed by atoms with Crippen molar-refractivity contribution in [3.63, 3.8) is 0 Å². The van der Waals surface area contributed by atoms with Crippen molar-refractivity contribution in [3.05, 3.63) is 66.2 Å². The molecule has 0 bridgehead atoms. The molecule has 28 heavy (non-hydrogen) atoms. The lowest BCUT2D eigenvalue weighted by atomic mass is 10.2. The van der Waals surface area contributed by atoms with E-state index < -0.39 is 0 Å². The number of anilines is 1. The smallest absolute Gasteiger partial charge is 0.124 e. The van der Waals surface area contributed by atoms with Gasteiger partial charge in [-0.05, 0) is 48.0 Å². The van der Waals surface area contributed by atoms with Crippen molar-refractivity contribution >= 4 is 39.0 Å². The van der Waals surface area contributed by atoms with Crippen molar-refractivity contribution in [3.8, 4) is 22.1 Å². The number of hydrogen-bond donors (Lipinski definition) is 1. The summed E-state index contributed by atoms with van der Waals surface area (Å²) in [4.78, 5) is 5.80. The molecule has 2 N–H and O–H groups in total. The van der Waals surface area contributed by atoms with Gasteiger partial charge in [0.1, 0.15) is 16.5 Å². The Morgan fingerprint density at radius 3 is 2.39 bits per heavy atom. The first-order valence-corrected chi connectivity index (χ1v) is 10.6. The van der Waals surface area contributed by atoms with E-state index in [1.54, 1.807) is 37.3 Å². The second-order valence-corrected chi connectivity index (χ2v) is 8.29. The number of nitrogens with two attached hydrogens (primary N) is 1. The predicted molar refractivity (Wildman–Crippen MR) is 119 cm³/mol. The number of methoxy groups -OCH3 is 2. The SMILES string of the molecule is COc1ccc(CSc2ccc(-c3nc4ccc(OC)cc4s3)cc2N)cc1. The molecular weight excluding hydrogens is 388 g/mol. The maximum atomic E-state index is 6.32. The van der Waals surface area contributed by atoms with E-state index >= 15 is 0 Å². The predicted octanol–water partition coefficient (Wildman–Crippen LogP) is 5.86. The summed E-state index contributed by atoms with van der Waals surface area (Å²) in [5.41, 5.74) is 10.3. The summed E-state index contributed by atoms with van der Waals surface area (Å²) in [5.74, 6) is 2.56. The Balaban J connectivity index is 1.52. The van der Waals surface area contributed by atoms with Crippen LogP contribution in [0.3, 0.4) is 0 Å². The first-order chi connectivity index (χ1) is 13.7. The van der Waals surface area contributed by atoms with Gasteiger partial charge in [-0.2, -0.15) is 0 Å². The van der Waals surface area contributed by atoms with Gasteiger partial charge in [-0.1, -0.05) is 18.2 Å². The summed E-state index contributed by atoms with van der Waals surface area (Å²) in [5, 5.41) is 0.960. The highest BCUT2D eigenvalue weighted by Gasteiger charge is 2.10. The maximum absolute atomic E-state index is 6.32. The molecule has 0 unspecified atom stereocenters.